The SMILES string of the molecule is CCC(C)C(=O)Nc1ccc(F)cc1/C(N)=N/O. The van der Waals surface area contributed by atoms with Gasteiger partial charge in [-0.2, -0.15) is 0 Å². The van der Waals surface area contributed by atoms with Gasteiger partial charge in [-0.15, -0.1) is 0 Å². The smallest absolute Gasteiger partial charge is 0.227 e. The standard InChI is InChI=1S/C12H16FN3O2/c1-3-7(2)12(17)15-10-5-4-8(13)6-9(10)11(14)16-18/h4-7,18H,3H2,1-2H3,(H2,14,16)(H,15,17). The molecule has 6 heteroatoms. The van der Waals surface area contributed by atoms with Crippen molar-refractivity contribution in [3.05, 3.63) is 29.6 Å². The predicted molar refractivity (Wildman–Crippen MR) is 67.0 cm³/mol. The minimum absolute atomic E-state index is 0.147. The van der Waals surface area contributed by atoms with Crippen molar-refractivity contribution >= 4 is 17.4 Å². The third-order valence-electron chi connectivity index (χ3n) is 2.68. The Hall–Kier alpha value is -2.11. The number of rotatable bonds is 4. The number of carbonyl (C=O) groups is 1. The lowest BCUT2D eigenvalue weighted by molar-refractivity contribution is -0.119. The predicted octanol–water partition coefficient (Wildman–Crippen LogP) is 1.90. The van der Waals surface area contributed by atoms with Gasteiger partial charge in [0.1, 0.15) is 5.82 Å². The lowest BCUT2D eigenvalue weighted by Crippen LogP contribution is -2.23. The monoisotopic (exact) mass is 253 g/mol. The third-order valence-corrected chi connectivity index (χ3v) is 2.68. The lowest BCUT2D eigenvalue weighted by atomic mass is 10.1. The fourth-order valence-electron chi connectivity index (χ4n) is 1.33. The molecule has 0 spiro atoms. The summed E-state index contributed by atoms with van der Waals surface area (Å²) in [7, 11) is 0. The van der Waals surface area contributed by atoms with Gasteiger partial charge in [0, 0.05) is 11.5 Å². The van der Waals surface area contributed by atoms with E-state index in [-0.39, 0.29) is 23.2 Å². The topological polar surface area (TPSA) is 87.7 Å². The molecule has 0 radical (unpaired) electrons. The first-order valence-corrected chi connectivity index (χ1v) is 5.57. The number of amides is 1. The molecule has 1 rings (SSSR count). The van der Waals surface area contributed by atoms with Gasteiger partial charge in [0.2, 0.25) is 5.91 Å². The van der Waals surface area contributed by atoms with Crippen molar-refractivity contribution in [2.75, 3.05) is 5.32 Å². The molecule has 0 fully saturated rings. The molecule has 1 atom stereocenters. The van der Waals surface area contributed by atoms with Gasteiger partial charge in [-0.25, -0.2) is 4.39 Å². The van der Waals surface area contributed by atoms with Crippen molar-refractivity contribution in [1.82, 2.24) is 0 Å². The van der Waals surface area contributed by atoms with Crippen molar-refractivity contribution in [3.8, 4) is 0 Å². The molecule has 1 aromatic rings. The van der Waals surface area contributed by atoms with Crippen molar-refractivity contribution in [2.24, 2.45) is 16.8 Å². The highest BCUT2D eigenvalue weighted by molar-refractivity contribution is 6.05. The van der Waals surface area contributed by atoms with Crippen molar-refractivity contribution < 1.29 is 14.4 Å². The Kier molecular flexibility index (Phi) is 4.65. The first-order chi connectivity index (χ1) is 8.49. The average Bonchev–Trinajstić information content (AvgIpc) is 2.38. The number of anilines is 1. The van der Waals surface area contributed by atoms with E-state index in [1.165, 1.54) is 12.1 Å². The first kappa shape index (κ1) is 14.0. The van der Waals surface area contributed by atoms with Gasteiger partial charge in [0.05, 0.1) is 5.69 Å². The van der Waals surface area contributed by atoms with Crippen LogP contribution in [-0.2, 0) is 4.79 Å². The fourth-order valence-corrected chi connectivity index (χ4v) is 1.33. The summed E-state index contributed by atoms with van der Waals surface area (Å²) < 4.78 is 13.1. The molecule has 1 aromatic carbocycles. The molecule has 0 saturated carbocycles. The molecule has 4 N–H and O–H groups in total. The maximum Gasteiger partial charge on any atom is 0.227 e. The Bertz CT molecular complexity index is 474. The zero-order chi connectivity index (χ0) is 13.7. The number of halogens is 1. The summed E-state index contributed by atoms with van der Waals surface area (Å²) in [6.45, 7) is 3.67. The van der Waals surface area contributed by atoms with Crippen LogP contribution in [0, 0.1) is 11.7 Å². The lowest BCUT2D eigenvalue weighted by Gasteiger charge is -2.13. The first-order valence-electron chi connectivity index (χ1n) is 5.57. The number of benzene rings is 1. The van der Waals surface area contributed by atoms with E-state index in [4.69, 9.17) is 10.9 Å². The molecule has 18 heavy (non-hydrogen) atoms. The molecule has 0 aliphatic rings. The molecule has 1 unspecified atom stereocenters. The van der Waals surface area contributed by atoms with E-state index in [2.05, 4.69) is 10.5 Å². The summed E-state index contributed by atoms with van der Waals surface area (Å²) in [5.74, 6) is -1.15. The molecule has 0 heterocycles. The van der Waals surface area contributed by atoms with Crippen LogP contribution in [0.3, 0.4) is 0 Å². The van der Waals surface area contributed by atoms with E-state index in [9.17, 15) is 9.18 Å². The molecule has 0 bridgehead atoms. The van der Waals surface area contributed by atoms with E-state index < -0.39 is 5.82 Å². The van der Waals surface area contributed by atoms with Crippen LogP contribution in [0.4, 0.5) is 10.1 Å². The molecule has 0 saturated heterocycles. The molecule has 0 aromatic heterocycles. The second-order valence-corrected chi connectivity index (χ2v) is 3.97. The Balaban J connectivity index is 3.06. The summed E-state index contributed by atoms with van der Waals surface area (Å²) in [6.07, 6.45) is 0.686. The van der Waals surface area contributed by atoms with Gasteiger partial charge < -0.3 is 16.3 Å². The summed E-state index contributed by atoms with van der Waals surface area (Å²) in [5.41, 5.74) is 5.89. The number of carbonyl (C=O) groups excluding carboxylic acids is 1. The number of amidine groups is 1. The summed E-state index contributed by atoms with van der Waals surface area (Å²) in [4.78, 5) is 11.7. The highest BCUT2D eigenvalue weighted by Crippen LogP contribution is 2.18. The minimum atomic E-state index is -0.530. The van der Waals surface area contributed by atoms with Crippen LogP contribution in [-0.4, -0.2) is 17.0 Å². The Morgan fingerprint density at radius 3 is 2.83 bits per heavy atom. The number of hydrogen-bond donors (Lipinski definition) is 3. The maximum atomic E-state index is 13.1. The van der Waals surface area contributed by atoms with E-state index >= 15 is 0 Å². The molecule has 98 valence electrons. The second kappa shape index (κ2) is 6.00. The zero-order valence-corrected chi connectivity index (χ0v) is 10.3. The zero-order valence-electron chi connectivity index (χ0n) is 10.3. The van der Waals surface area contributed by atoms with Crippen LogP contribution in [0.5, 0.6) is 0 Å². The number of nitrogens with two attached hydrogens (primary N) is 1. The van der Waals surface area contributed by atoms with E-state index in [0.29, 0.717) is 12.1 Å². The molecule has 1 amide bonds. The molecule has 0 aliphatic heterocycles. The van der Waals surface area contributed by atoms with Gasteiger partial charge in [-0.1, -0.05) is 19.0 Å². The second-order valence-electron chi connectivity index (χ2n) is 3.97. The fraction of sp³-hybridized carbons (Fsp3) is 0.333. The van der Waals surface area contributed by atoms with E-state index in [1.54, 1.807) is 6.92 Å². The average molecular weight is 253 g/mol. The Morgan fingerprint density at radius 1 is 1.61 bits per heavy atom. The number of hydrogen-bond acceptors (Lipinski definition) is 3. The third kappa shape index (κ3) is 3.19. The molecular formula is C12H16FN3O2. The largest absolute Gasteiger partial charge is 0.409 e. The Labute approximate surface area is 104 Å². The normalized spacial score (nSPS) is 13.2. The van der Waals surface area contributed by atoms with Crippen LogP contribution in [0.2, 0.25) is 0 Å². The maximum absolute atomic E-state index is 13.1. The van der Waals surface area contributed by atoms with Gasteiger partial charge in [0.15, 0.2) is 5.84 Å². The van der Waals surface area contributed by atoms with Gasteiger partial charge in [-0.3, -0.25) is 4.79 Å². The summed E-state index contributed by atoms with van der Waals surface area (Å²) in [5, 5.41) is 14.1. The highest BCUT2D eigenvalue weighted by atomic mass is 19.1. The van der Waals surface area contributed by atoms with E-state index in [1.807, 2.05) is 6.92 Å². The van der Waals surface area contributed by atoms with Crippen LogP contribution in [0.15, 0.2) is 23.4 Å². The van der Waals surface area contributed by atoms with Crippen LogP contribution < -0.4 is 11.1 Å². The molecular weight excluding hydrogens is 237 g/mol. The van der Waals surface area contributed by atoms with Crippen molar-refractivity contribution in [3.63, 3.8) is 0 Å². The van der Waals surface area contributed by atoms with Crippen molar-refractivity contribution in [2.45, 2.75) is 20.3 Å². The Morgan fingerprint density at radius 2 is 2.28 bits per heavy atom. The minimum Gasteiger partial charge on any atom is -0.409 e. The van der Waals surface area contributed by atoms with Gasteiger partial charge in [-0.05, 0) is 24.6 Å². The van der Waals surface area contributed by atoms with E-state index in [0.717, 1.165) is 6.07 Å². The highest BCUT2D eigenvalue weighted by Gasteiger charge is 2.15. The quantitative estimate of drug-likeness (QED) is 0.331. The number of oxime groups is 1. The van der Waals surface area contributed by atoms with Gasteiger partial charge in [0.25, 0.3) is 0 Å². The summed E-state index contributed by atoms with van der Waals surface area (Å²) >= 11 is 0. The van der Waals surface area contributed by atoms with Crippen LogP contribution >= 0.6 is 0 Å². The summed E-state index contributed by atoms with van der Waals surface area (Å²) in [6, 6.07) is 3.67. The van der Waals surface area contributed by atoms with Crippen LogP contribution in [0.25, 0.3) is 0 Å². The van der Waals surface area contributed by atoms with Crippen molar-refractivity contribution in [1.29, 1.82) is 0 Å². The van der Waals surface area contributed by atoms with Gasteiger partial charge >= 0.3 is 0 Å². The number of nitrogens with one attached hydrogen (secondary N) is 1. The molecule has 5 nitrogen and oxygen atoms in total. The number of nitrogens with zero attached hydrogens (tertiary/aromatic N) is 1. The van der Waals surface area contributed by atoms with Crippen LogP contribution in [0.1, 0.15) is 25.8 Å². The molecule has 0 aliphatic carbocycles.